The number of piperidine rings is 1. The summed E-state index contributed by atoms with van der Waals surface area (Å²) in [5.74, 6) is -1.26. The molecule has 1 saturated heterocycles. The number of methoxy groups -OCH3 is 2. The van der Waals surface area contributed by atoms with E-state index in [4.69, 9.17) is 21.1 Å². The van der Waals surface area contributed by atoms with Gasteiger partial charge in [-0.3, -0.25) is 9.52 Å². The highest BCUT2D eigenvalue weighted by atomic mass is 35.5. The van der Waals surface area contributed by atoms with E-state index in [1.54, 1.807) is 12.1 Å². The van der Waals surface area contributed by atoms with Crippen LogP contribution in [-0.2, 0) is 30.6 Å². The number of halogens is 2. The number of hydrogen-bond acceptors (Lipinski definition) is 7. The maximum absolute atomic E-state index is 14.1. The number of hydrogen-bond donors (Lipinski definition) is 2. The van der Waals surface area contributed by atoms with Gasteiger partial charge in [0.05, 0.1) is 30.6 Å². The van der Waals surface area contributed by atoms with Crippen molar-refractivity contribution in [3.8, 4) is 11.5 Å². The minimum Gasteiger partial charge on any atom is -0.497 e. The molecule has 41 heavy (non-hydrogen) atoms. The van der Waals surface area contributed by atoms with Crippen molar-refractivity contribution < 1.29 is 35.5 Å². The first-order chi connectivity index (χ1) is 19.4. The minimum atomic E-state index is -3.98. The molecule has 0 atom stereocenters. The minimum absolute atomic E-state index is 0.0335. The fourth-order valence-electron chi connectivity index (χ4n) is 4.40. The first-order valence-corrected chi connectivity index (χ1v) is 16.0. The van der Waals surface area contributed by atoms with Crippen molar-refractivity contribution in [1.82, 2.24) is 4.31 Å². The fraction of sp³-hybridized carbons (Fsp3) is 0.296. The summed E-state index contributed by atoms with van der Waals surface area (Å²) in [5, 5.41) is 2.80. The Kier molecular flexibility index (Phi) is 9.42. The smallest absolute Gasteiger partial charge is 0.262 e. The highest BCUT2D eigenvalue weighted by Crippen LogP contribution is 2.31. The molecule has 14 heteroatoms. The van der Waals surface area contributed by atoms with E-state index < -0.39 is 37.5 Å². The van der Waals surface area contributed by atoms with Gasteiger partial charge in [0.2, 0.25) is 15.9 Å². The number of nitrogens with one attached hydrogen (secondary N) is 2. The zero-order valence-corrected chi connectivity index (χ0v) is 24.7. The Labute approximate surface area is 243 Å². The molecule has 0 spiro atoms. The number of nitrogens with zero attached hydrogens (tertiary/aromatic N) is 1. The Bertz CT molecular complexity index is 1610. The van der Waals surface area contributed by atoms with E-state index in [1.807, 2.05) is 0 Å². The number of benzene rings is 3. The third-order valence-corrected chi connectivity index (χ3v) is 10.2. The standard InChI is InChI=1S/C27H29ClFN3O7S2/c1-38-20-8-11-26(39-2)25(16-20)31-41(36,37)21-9-6-19(7-10-21)30-27(33)18-12-14-32(15-13-18)40(34,35)17-22-23(28)4-3-5-24(22)29/h3-11,16,18,31H,12-15,17H2,1-2H3,(H,30,33). The van der Waals surface area contributed by atoms with Crippen molar-refractivity contribution >= 4 is 48.9 Å². The predicted octanol–water partition coefficient (Wildman–Crippen LogP) is 4.48. The molecule has 1 aliphatic heterocycles. The first kappa shape index (κ1) is 30.6. The first-order valence-electron chi connectivity index (χ1n) is 12.5. The molecule has 0 aromatic heterocycles. The third kappa shape index (κ3) is 7.28. The van der Waals surface area contributed by atoms with Crippen LogP contribution in [0.1, 0.15) is 18.4 Å². The van der Waals surface area contributed by atoms with Crippen molar-refractivity contribution in [3.63, 3.8) is 0 Å². The molecular weight excluding hydrogens is 597 g/mol. The number of carbonyl (C=O) groups is 1. The van der Waals surface area contributed by atoms with Gasteiger partial charge in [0.1, 0.15) is 17.3 Å². The van der Waals surface area contributed by atoms with Crippen LogP contribution in [0.4, 0.5) is 15.8 Å². The SMILES string of the molecule is COc1ccc(OC)c(NS(=O)(=O)c2ccc(NC(=O)C3CCN(S(=O)(=O)Cc4c(F)cccc4Cl)CC3)cc2)c1. The molecule has 220 valence electrons. The lowest BCUT2D eigenvalue weighted by Crippen LogP contribution is -2.42. The molecule has 2 N–H and O–H groups in total. The summed E-state index contributed by atoms with van der Waals surface area (Å²) < 4.78 is 79.8. The lowest BCUT2D eigenvalue weighted by Gasteiger charge is -2.30. The highest BCUT2D eigenvalue weighted by Gasteiger charge is 2.32. The molecule has 0 saturated carbocycles. The second-order valence-electron chi connectivity index (χ2n) is 9.32. The van der Waals surface area contributed by atoms with E-state index in [0.717, 1.165) is 6.07 Å². The second-order valence-corrected chi connectivity index (χ2v) is 13.4. The average Bonchev–Trinajstić information content (AvgIpc) is 2.95. The molecule has 0 radical (unpaired) electrons. The van der Waals surface area contributed by atoms with Gasteiger partial charge >= 0.3 is 0 Å². The molecule has 0 aliphatic carbocycles. The van der Waals surface area contributed by atoms with Gasteiger partial charge in [-0.1, -0.05) is 17.7 Å². The van der Waals surface area contributed by atoms with Crippen LogP contribution in [0.2, 0.25) is 5.02 Å². The Morgan fingerprint density at radius 2 is 1.68 bits per heavy atom. The fourth-order valence-corrected chi connectivity index (χ4v) is 7.38. The van der Waals surface area contributed by atoms with Crippen LogP contribution < -0.4 is 19.5 Å². The molecule has 3 aromatic carbocycles. The van der Waals surface area contributed by atoms with Crippen LogP contribution in [0.15, 0.2) is 65.6 Å². The van der Waals surface area contributed by atoms with Crippen LogP contribution in [0, 0.1) is 11.7 Å². The van der Waals surface area contributed by atoms with Crippen LogP contribution in [0.3, 0.4) is 0 Å². The number of carbonyl (C=O) groups excluding carboxylic acids is 1. The van der Waals surface area contributed by atoms with Gasteiger partial charge in [0, 0.05) is 41.3 Å². The van der Waals surface area contributed by atoms with Crippen molar-refractivity contribution in [2.75, 3.05) is 37.3 Å². The normalized spacial score (nSPS) is 14.8. The average molecular weight is 626 g/mol. The van der Waals surface area contributed by atoms with Crippen LogP contribution >= 0.6 is 11.6 Å². The zero-order valence-electron chi connectivity index (χ0n) is 22.3. The van der Waals surface area contributed by atoms with E-state index in [1.165, 1.54) is 61.0 Å². The molecule has 1 fully saturated rings. The summed E-state index contributed by atoms with van der Waals surface area (Å²) in [6, 6.07) is 14.3. The summed E-state index contributed by atoms with van der Waals surface area (Å²) in [7, 11) is -4.94. The zero-order chi connectivity index (χ0) is 29.8. The van der Waals surface area contributed by atoms with E-state index in [-0.39, 0.29) is 53.0 Å². The molecule has 1 amide bonds. The maximum Gasteiger partial charge on any atom is 0.262 e. The predicted molar refractivity (Wildman–Crippen MR) is 154 cm³/mol. The number of ether oxygens (including phenoxy) is 2. The Hall–Kier alpha value is -3.39. The Balaban J connectivity index is 1.35. The van der Waals surface area contributed by atoms with Crippen molar-refractivity contribution in [2.45, 2.75) is 23.5 Å². The Morgan fingerprint density at radius 3 is 2.29 bits per heavy atom. The largest absolute Gasteiger partial charge is 0.497 e. The summed E-state index contributed by atoms with van der Waals surface area (Å²) in [6.07, 6.45) is 0.545. The Morgan fingerprint density at radius 1 is 1.00 bits per heavy atom. The topological polar surface area (TPSA) is 131 Å². The quantitative estimate of drug-likeness (QED) is 0.340. The van der Waals surface area contributed by atoms with Gasteiger partial charge in [-0.2, -0.15) is 0 Å². The monoisotopic (exact) mass is 625 g/mol. The van der Waals surface area contributed by atoms with E-state index in [0.29, 0.717) is 17.2 Å². The third-order valence-electron chi connectivity index (χ3n) is 6.69. The van der Waals surface area contributed by atoms with Crippen molar-refractivity contribution in [2.24, 2.45) is 5.92 Å². The number of sulfonamides is 2. The van der Waals surface area contributed by atoms with E-state index in [9.17, 15) is 26.0 Å². The molecule has 1 aliphatic rings. The lowest BCUT2D eigenvalue weighted by atomic mass is 9.97. The molecule has 4 rings (SSSR count). The maximum atomic E-state index is 14.1. The molecule has 0 unspecified atom stereocenters. The van der Waals surface area contributed by atoms with Gasteiger partial charge in [0.25, 0.3) is 10.0 Å². The van der Waals surface area contributed by atoms with Crippen molar-refractivity contribution in [1.29, 1.82) is 0 Å². The van der Waals surface area contributed by atoms with Crippen LogP contribution in [0.25, 0.3) is 0 Å². The second kappa shape index (κ2) is 12.6. The summed E-state index contributed by atoms with van der Waals surface area (Å²) in [4.78, 5) is 12.8. The molecular formula is C27H29ClFN3O7S2. The number of anilines is 2. The van der Waals surface area contributed by atoms with E-state index >= 15 is 0 Å². The molecule has 1 heterocycles. The highest BCUT2D eigenvalue weighted by molar-refractivity contribution is 7.92. The molecule has 3 aromatic rings. The van der Waals surface area contributed by atoms with Gasteiger partial charge in [-0.25, -0.2) is 25.5 Å². The van der Waals surface area contributed by atoms with Crippen LogP contribution in [-0.4, -0.2) is 54.4 Å². The number of rotatable bonds is 10. The molecule has 0 bridgehead atoms. The molecule has 10 nitrogen and oxygen atoms in total. The van der Waals surface area contributed by atoms with Gasteiger partial charge in [-0.05, 0) is 61.4 Å². The number of amides is 1. The summed E-state index contributed by atoms with van der Waals surface area (Å²) in [6.45, 7) is 0.201. The van der Waals surface area contributed by atoms with Crippen LogP contribution in [0.5, 0.6) is 11.5 Å². The van der Waals surface area contributed by atoms with Gasteiger partial charge in [-0.15, -0.1) is 0 Å². The van der Waals surface area contributed by atoms with Gasteiger partial charge in [0.15, 0.2) is 0 Å². The van der Waals surface area contributed by atoms with Gasteiger partial charge < -0.3 is 14.8 Å². The lowest BCUT2D eigenvalue weighted by molar-refractivity contribution is -0.120. The van der Waals surface area contributed by atoms with E-state index in [2.05, 4.69) is 10.0 Å². The summed E-state index contributed by atoms with van der Waals surface area (Å²) in [5.41, 5.74) is 0.504. The van der Waals surface area contributed by atoms with Crippen molar-refractivity contribution in [3.05, 3.63) is 77.1 Å². The summed E-state index contributed by atoms with van der Waals surface area (Å²) >= 11 is 5.99.